The number of nitrogens with one attached hydrogen (secondary N) is 1. The third-order valence-electron chi connectivity index (χ3n) is 2.21. The van der Waals surface area contributed by atoms with Crippen molar-refractivity contribution in [3.63, 3.8) is 0 Å². The lowest BCUT2D eigenvalue weighted by Gasteiger charge is -2.12. The minimum atomic E-state index is -1.16. The summed E-state index contributed by atoms with van der Waals surface area (Å²) in [7, 11) is 0. The average molecular weight is 288 g/mol. The molecule has 0 aromatic carbocycles. The smallest absolute Gasteiger partial charge is 0.433 e. The summed E-state index contributed by atoms with van der Waals surface area (Å²) < 4.78 is 4.68. The van der Waals surface area contributed by atoms with Gasteiger partial charge >= 0.3 is 11.9 Å². The SMILES string of the molecule is CSCC[C@H](NC(=O)c1ccc([N+](=O)[O-])o1)C(=O)O. The van der Waals surface area contributed by atoms with Crippen molar-refractivity contribution in [3.8, 4) is 0 Å². The summed E-state index contributed by atoms with van der Waals surface area (Å²) >= 11 is 1.45. The van der Waals surface area contributed by atoms with Crippen LogP contribution in [0.25, 0.3) is 0 Å². The molecule has 0 fully saturated rings. The van der Waals surface area contributed by atoms with Gasteiger partial charge in [-0.1, -0.05) is 0 Å². The second-order valence-corrected chi connectivity index (χ2v) is 4.53. The van der Waals surface area contributed by atoms with E-state index in [0.29, 0.717) is 5.75 Å². The first-order chi connectivity index (χ1) is 8.95. The molecule has 0 unspecified atom stereocenters. The summed E-state index contributed by atoms with van der Waals surface area (Å²) in [6.45, 7) is 0. The van der Waals surface area contributed by atoms with Gasteiger partial charge in [-0.3, -0.25) is 14.9 Å². The second-order valence-electron chi connectivity index (χ2n) is 3.54. The van der Waals surface area contributed by atoms with Crippen LogP contribution in [0.2, 0.25) is 0 Å². The average Bonchev–Trinajstić information content (AvgIpc) is 2.83. The van der Waals surface area contributed by atoms with Crippen LogP contribution in [0.5, 0.6) is 0 Å². The van der Waals surface area contributed by atoms with Crippen molar-refractivity contribution in [3.05, 3.63) is 28.0 Å². The van der Waals surface area contributed by atoms with E-state index in [4.69, 9.17) is 5.11 Å². The van der Waals surface area contributed by atoms with Gasteiger partial charge < -0.3 is 14.8 Å². The lowest BCUT2D eigenvalue weighted by Crippen LogP contribution is -2.41. The number of carboxylic acid groups (broad SMARTS) is 1. The van der Waals surface area contributed by atoms with Crippen LogP contribution in [0.3, 0.4) is 0 Å². The first-order valence-electron chi connectivity index (χ1n) is 5.22. The number of hydrogen-bond donors (Lipinski definition) is 2. The second kappa shape index (κ2) is 6.78. The van der Waals surface area contributed by atoms with E-state index in [1.165, 1.54) is 11.8 Å². The maximum atomic E-state index is 11.7. The monoisotopic (exact) mass is 288 g/mol. The van der Waals surface area contributed by atoms with Crippen LogP contribution in [0, 0.1) is 10.1 Å². The zero-order valence-electron chi connectivity index (χ0n) is 9.99. The van der Waals surface area contributed by atoms with Crippen molar-refractivity contribution in [2.75, 3.05) is 12.0 Å². The number of amides is 1. The summed E-state index contributed by atoms with van der Waals surface area (Å²) in [5.74, 6) is -2.25. The molecule has 0 saturated carbocycles. The number of nitro groups is 1. The summed E-state index contributed by atoms with van der Waals surface area (Å²) in [4.78, 5) is 32.2. The first-order valence-corrected chi connectivity index (χ1v) is 6.62. The maximum absolute atomic E-state index is 11.7. The van der Waals surface area contributed by atoms with Crippen molar-refractivity contribution in [2.45, 2.75) is 12.5 Å². The highest BCUT2D eigenvalue weighted by atomic mass is 32.2. The third kappa shape index (κ3) is 4.28. The Morgan fingerprint density at radius 1 is 1.58 bits per heavy atom. The molecular weight excluding hydrogens is 276 g/mol. The lowest BCUT2D eigenvalue weighted by atomic mass is 10.2. The van der Waals surface area contributed by atoms with E-state index in [1.807, 2.05) is 6.26 Å². The van der Waals surface area contributed by atoms with Crippen LogP contribution in [0.1, 0.15) is 17.0 Å². The highest BCUT2D eigenvalue weighted by Gasteiger charge is 2.23. The Morgan fingerprint density at radius 2 is 2.26 bits per heavy atom. The number of carbonyl (C=O) groups is 2. The molecule has 8 nitrogen and oxygen atoms in total. The molecule has 1 aromatic heterocycles. The molecular formula is C10H12N2O6S. The molecule has 0 aliphatic rings. The molecule has 0 radical (unpaired) electrons. The number of nitrogens with zero attached hydrogens (tertiary/aromatic N) is 1. The molecule has 1 rings (SSSR count). The van der Waals surface area contributed by atoms with E-state index in [0.717, 1.165) is 12.1 Å². The first kappa shape index (κ1) is 15.0. The van der Waals surface area contributed by atoms with Crippen molar-refractivity contribution in [2.24, 2.45) is 0 Å². The molecule has 104 valence electrons. The molecule has 1 amide bonds. The number of carbonyl (C=O) groups excluding carboxylic acids is 1. The molecule has 0 spiro atoms. The van der Waals surface area contributed by atoms with E-state index in [9.17, 15) is 19.7 Å². The molecule has 19 heavy (non-hydrogen) atoms. The van der Waals surface area contributed by atoms with E-state index >= 15 is 0 Å². The van der Waals surface area contributed by atoms with Crippen molar-refractivity contribution in [1.82, 2.24) is 5.32 Å². The fourth-order valence-electron chi connectivity index (χ4n) is 1.27. The Morgan fingerprint density at radius 3 is 2.74 bits per heavy atom. The highest BCUT2D eigenvalue weighted by Crippen LogP contribution is 2.15. The quantitative estimate of drug-likeness (QED) is 0.569. The summed E-state index contributed by atoms with van der Waals surface area (Å²) in [5, 5.41) is 21.6. The van der Waals surface area contributed by atoms with Crippen LogP contribution in [-0.2, 0) is 4.79 Å². The Labute approximate surface area is 112 Å². The van der Waals surface area contributed by atoms with Gasteiger partial charge in [0.15, 0.2) is 5.76 Å². The van der Waals surface area contributed by atoms with Gasteiger partial charge in [-0.15, -0.1) is 0 Å². The minimum Gasteiger partial charge on any atom is -0.480 e. The van der Waals surface area contributed by atoms with Gasteiger partial charge in [-0.05, 0) is 24.5 Å². The van der Waals surface area contributed by atoms with Crippen molar-refractivity contribution >= 4 is 29.5 Å². The number of thioether (sulfide) groups is 1. The molecule has 1 heterocycles. The molecule has 1 aromatic rings. The maximum Gasteiger partial charge on any atom is 0.433 e. The molecule has 0 bridgehead atoms. The summed E-state index contributed by atoms with van der Waals surface area (Å²) in [6.07, 6.45) is 2.07. The molecule has 2 N–H and O–H groups in total. The molecule has 9 heteroatoms. The predicted molar refractivity (Wildman–Crippen MR) is 67.3 cm³/mol. The van der Waals surface area contributed by atoms with E-state index in [-0.39, 0.29) is 12.2 Å². The fourth-order valence-corrected chi connectivity index (χ4v) is 1.74. The Balaban J connectivity index is 2.70. The number of hydrogen-bond acceptors (Lipinski definition) is 6. The third-order valence-corrected chi connectivity index (χ3v) is 2.85. The Kier molecular flexibility index (Phi) is 5.37. The van der Waals surface area contributed by atoms with Crippen LogP contribution in [0.4, 0.5) is 5.88 Å². The van der Waals surface area contributed by atoms with Gasteiger partial charge in [-0.25, -0.2) is 4.79 Å². The van der Waals surface area contributed by atoms with Gasteiger partial charge in [0, 0.05) is 0 Å². The zero-order chi connectivity index (χ0) is 14.4. The van der Waals surface area contributed by atoms with Gasteiger partial charge in [0.2, 0.25) is 0 Å². The van der Waals surface area contributed by atoms with E-state index in [1.54, 1.807) is 0 Å². The molecule has 0 saturated heterocycles. The largest absolute Gasteiger partial charge is 0.480 e. The van der Waals surface area contributed by atoms with Crippen molar-refractivity contribution in [1.29, 1.82) is 0 Å². The van der Waals surface area contributed by atoms with Gasteiger partial charge in [0.05, 0.1) is 6.07 Å². The number of rotatable bonds is 7. The standard InChI is InChI=1S/C10H12N2O6S/c1-19-5-4-6(10(14)15)11-9(13)7-2-3-8(18-7)12(16)17/h2-3,6H,4-5H2,1H3,(H,11,13)(H,14,15)/t6-/m0/s1. The van der Waals surface area contributed by atoms with Crippen molar-refractivity contribution < 1.29 is 24.0 Å². The van der Waals surface area contributed by atoms with Crippen LogP contribution in [0.15, 0.2) is 16.5 Å². The summed E-state index contributed by atoms with van der Waals surface area (Å²) in [6, 6.07) is 1.11. The minimum absolute atomic E-state index is 0.255. The van der Waals surface area contributed by atoms with Crippen LogP contribution >= 0.6 is 11.8 Å². The summed E-state index contributed by atoms with van der Waals surface area (Å²) in [5.41, 5.74) is 0. The topological polar surface area (TPSA) is 123 Å². The zero-order valence-corrected chi connectivity index (χ0v) is 10.8. The van der Waals surface area contributed by atoms with E-state index in [2.05, 4.69) is 9.73 Å². The molecule has 0 aliphatic heterocycles. The molecule has 1 atom stereocenters. The fraction of sp³-hybridized carbons (Fsp3) is 0.400. The van der Waals surface area contributed by atoms with E-state index < -0.39 is 28.7 Å². The normalized spacial score (nSPS) is 11.8. The number of furan rings is 1. The lowest BCUT2D eigenvalue weighted by molar-refractivity contribution is -0.402. The van der Waals surface area contributed by atoms with Crippen LogP contribution in [-0.4, -0.2) is 40.0 Å². The number of carboxylic acids is 1. The Hall–Kier alpha value is -2.03. The number of aliphatic carboxylic acids is 1. The van der Waals surface area contributed by atoms with Gasteiger partial charge in [0.1, 0.15) is 11.0 Å². The predicted octanol–water partition coefficient (Wildman–Crippen LogP) is 1.12. The van der Waals surface area contributed by atoms with Crippen LogP contribution < -0.4 is 5.32 Å². The van der Waals surface area contributed by atoms with Gasteiger partial charge in [-0.2, -0.15) is 11.8 Å². The highest BCUT2D eigenvalue weighted by molar-refractivity contribution is 7.98. The van der Waals surface area contributed by atoms with Gasteiger partial charge in [0.25, 0.3) is 5.91 Å². The Bertz CT molecular complexity index is 486. The molecule has 0 aliphatic carbocycles.